The van der Waals surface area contributed by atoms with Gasteiger partial charge in [0.25, 0.3) is 0 Å². The third-order valence-electron chi connectivity index (χ3n) is 1.97. The summed E-state index contributed by atoms with van der Waals surface area (Å²) in [4.78, 5) is 0. The highest BCUT2D eigenvalue weighted by Gasteiger charge is 1.91. The first-order valence-electron chi connectivity index (χ1n) is 8.63. The van der Waals surface area contributed by atoms with Crippen LogP contribution in [0.3, 0.4) is 0 Å². The standard InChI is InChI=1S/C9H14OS3.C6H10OS2.C3H6OS.C3H4S/c1-3-6-11-12-7-5-9-13(10)8-4-2;1-2-5-9(7)6-3-4-8;1-2-3-5-4;1-2-3-4/h3-5,7H,1-2,6,8-9H2;2-4,8H,1,5-6H2;2,4H,1,3H2;2-3H,1H2/b7-5+;4-3+;;. The highest BCUT2D eigenvalue weighted by Crippen LogP contribution is 2.21. The molecule has 0 saturated carbocycles. The molecule has 31 heavy (non-hydrogen) atoms. The van der Waals surface area contributed by atoms with E-state index < -0.39 is 21.6 Å². The number of allylic oxidation sites excluding steroid dienone is 1. The van der Waals surface area contributed by atoms with Gasteiger partial charge in [-0.15, -0.1) is 26.3 Å². The highest BCUT2D eigenvalue weighted by molar-refractivity contribution is 8.77. The van der Waals surface area contributed by atoms with Crippen molar-refractivity contribution < 1.29 is 13.0 Å². The SMILES string of the molecule is C=CC=S.C=CCS(=O)C/C=C/S.C=CCSO.C=CCSS/C=C/CS(=O)CC=C. The van der Waals surface area contributed by atoms with Crippen molar-refractivity contribution in [1.29, 1.82) is 0 Å². The van der Waals surface area contributed by atoms with Crippen molar-refractivity contribution >= 4 is 85.4 Å². The lowest BCUT2D eigenvalue weighted by Crippen LogP contribution is -1.96. The Kier molecular flexibility index (Phi) is 49.7. The number of rotatable bonds is 15. The van der Waals surface area contributed by atoms with Crippen molar-refractivity contribution in [3.05, 3.63) is 86.2 Å². The quantitative estimate of drug-likeness (QED) is 0.0430. The van der Waals surface area contributed by atoms with Gasteiger partial charge in [0.1, 0.15) is 0 Å². The lowest BCUT2D eigenvalue weighted by atomic mass is 10.7. The van der Waals surface area contributed by atoms with Crippen LogP contribution < -0.4 is 0 Å². The number of thiocarbonyl (C=S) groups is 1. The molecular weight excluding hydrogens is 525 g/mol. The van der Waals surface area contributed by atoms with E-state index in [2.05, 4.69) is 57.7 Å². The summed E-state index contributed by atoms with van der Waals surface area (Å²) in [7, 11) is 1.80. The van der Waals surface area contributed by atoms with E-state index in [0.29, 0.717) is 28.8 Å². The molecule has 1 N–H and O–H groups in total. The maximum absolute atomic E-state index is 11.1. The molecular formula is C21H34O3S7. The molecule has 0 aliphatic rings. The number of thiol groups is 1. The summed E-state index contributed by atoms with van der Waals surface area (Å²) in [5.41, 5.74) is 0. The Labute approximate surface area is 217 Å². The number of hydrogen-bond donors (Lipinski definition) is 2. The molecule has 0 saturated heterocycles. The zero-order valence-corrected chi connectivity index (χ0v) is 23.5. The summed E-state index contributed by atoms with van der Waals surface area (Å²) in [6, 6.07) is 0. The molecule has 2 atom stereocenters. The second kappa shape index (κ2) is 40.3. The summed E-state index contributed by atoms with van der Waals surface area (Å²) in [6.45, 7) is 17.3. The van der Waals surface area contributed by atoms with Gasteiger partial charge in [-0.2, -0.15) is 12.6 Å². The fraction of sp³-hybridized carbons (Fsp3) is 0.286. The van der Waals surface area contributed by atoms with E-state index in [0.717, 1.165) is 17.8 Å². The molecule has 3 nitrogen and oxygen atoms in total. The molecule has 178 valence electrons. The van der Waals surface area contributed by atoms with Crippen molar-refractivity contribution in [3.63, 3.8) is 0 Å². The molecule has 0 rings (SSSR count). The van der Waals surface area contributed by atoms with Gasteiger partial charge >= 0.3 is 0 Å². The van der Waals surface area contributed by atoms with Crippen molar-refractivity contribution in [2.24, 2.45) is 0 Å². The molecule has 0 radical (unpaired) electrons. The van der Waals surface area contributed by atoms with Gasteiger partial charge in [0.2, 0.25) is 0 Å². The normalized spacial score (nSPS) is 11.3. The van der Waals surface area contributed by atoms with Gasteiger partial charge in [-0.1, -0.05) is 82.9 Å². The second-order valence-corrected chi connectivity index (χ2v) is 11.1. The van der Waals surface area contributed by atoms with E-state index in [1.807, 2.05) is 17.6 Å². The molecule has 0 fully saturated rings. The average molecular weight is 559 g/mol. The molecule has 0 heterocycles. The van der Waals surface area contributed by atoms with Crippen LogP contribution in [0, 0.1) is 0 Å². The maximum Gasteiger partial charge on any atom is 0.0426 e. The molecule has 0 amide bonds. The molecule has 2 unspecified atom stereocenters. The summed E-state index contributed by atoms with van der Waals surface area (Å²) in [5, 5.41) is 5.04. The smallest absolute Gasteiger partial charge is 0.0426 e. The van der Waals surface area contributed by atoms with Crippen LogP contribution in [-0.4, -0.2) is 52.9 Å². The first-order valence-corrected chi connectivity index (χ1v) is 15.9. The molecule has 0 bridgehead atoms. The lowest BCUT2D eigenvalue weighted by Gasteiger charge is -1.91. The Morgan fingerprint density at radius 2 is 1.32 bits per heavy atom. The number of hydrogen-bond acceptors (Lipinski definition) is 8. The van der Waals surface area contributed by atoms with Gasteiger partial charge in [0.15, 0.2) is 0 Å². The third kappa shape index (κ3) is 53.3. The van der Waals surface area contributed by atoms with Crippen molar-refractivity contribution in [2.45, 2.75) is 0 Å². The van der Waals surface area contributed by atoms with Gasteiger partial charge in [-0.05, 0) is 22.9 Å². The Morgan fingerprint density at radius 3 is 1.65 bits per heavy atom. The molecule has 0 aliphatic carbocycles. The molecule has 0 aromatic heterocycles. The largest absolute Gasteiger partial charge is 0.330 e. The summed E-state index contributed by atoms with van der Waals surface area (Å²) >= 11 is 8.92. The van der Waals surface area contributed by atoms with Crippen LogP contribution in [0.4, 0.5) is 0 Å². The van der Waals surface area contributed by atoms with E-state index in [4.69, 9.17) is 4.55 Å². The first-order chi connectivity index (χ1) is 14.9. The van der Waals surface area contributed by atoms with Gasteiger partial charge < -0.3 is 4.55 Å². The van der Waals surface area contributed by atoms with Gasteiger partial charge in [-0.3, -0.25) is 8.42 Å². The Balaban J connectivity index is -0.000000175. The second-order valence-electron chi connectivity index (χ2n) is 4.51. The molecule has 0 aliphatic heterocycles. The fourth-order valence-electron chi connectivity index (χ4n) is 0.915. The molecule has 10 heteroatoms. The van der Waals surface area contributed by atoms with E-state index in [9.17, 15) is 8.42 Å². The average Bonchev–Trinajstić information content (AvgIpc) is 2.77. The molecule has 0 aromatic rings. The minimum Gasteiger partial charge on any atom is -0.330 e. The van der Waals surface area contributed by atoms with Crippen LogP contribution in [0.15, 0.2) is 86.2 Å². The van der Waals surface area contributed by atoms with E-state index in [1.54, 1.807) is 57.4 Å². The van der Waals surface area contributed by atoms with E-state index in [1.165, 1.54) is 5.37 Å². The monoisotopic (exact) mass is 558 g/mol. The third-order valence-corrected chi connectivity index (χ3v) is 7.06. The van der Waals surface area contributed by atoms with Gasteiger partial charge in [0, 0.05) is 61.5 Å². The Bertz CT molecular complexity index is 553. The predicted molar refractivity (Wildman–Crippen MR) is 163 cm³/mol. The Hall–Kier alpha value is -0.0700. The Morgan fingerprint density at radius 1 is 0.839 bits per heavy atom. The zero-order chi connectivity index (χ0) is 24.6. The topological polar surface area (TPSA) is 54.4 Å². The zero-order valence-electron chi connectivity index (χ0n) is 17.7. The lowest BCUT2D eigenvalue weighted by molar-refractivity contribution is 0.666. The first kappa shape index (κ1) is 38.2. The summed E-state index contributed by atoms with van der Waals surface area (Å²) in [6.07, 6.45) is 12.1. The van der Waals surface area contributed by atoms with Crippen LogP contribution in [0.5, 0.6) is 0 Å². The van der Waals surface area contributed by atoms with Crippen LogP contribution in [-0.2, 0) is 21.6 Å². The predicted octanol–water partition coefficient (Wildman–Crippen LogP) is 6.92. The fourth-order valence-corrected chi connectivity index (χ4v) is 4.23. The van der Waals surface area contributed by atoms with Gasteiger partial charge in [-0.25, -0.2) is 0 Å². The summed E-state index contributed by atoms with van der Waals surface area (Å²) in [5.74, 6) is 3.90. The van der Waals surface area contributed by atoms with Crippen molar-refractivity contribution in [1.82, 2.24) is 0 Å². The van der Waals surface area contributed by atoms with Crippen LogP contribution in [0.1, 0.15) is 0 Å². The van der Waals surface area contributed by atoms with Crippen LogP contribution in [0.25, 0.3) is 0 Å². The minimum absolute atomic E-state index is 0.568. The minimum atomic E-state index is -0.775. The van der Waals surface area contributed by atoms with Crippen molar-refractivity contribution in [3.8, 4) is 0 Å². The highest BCUT2D eigenvalue weighted by atomic mass is 33.1. The van der Waals surface area contributed by atoms with E-state index >= 15 is 0 Å². The van der Waals surface area contributed by atoms with Crippen LogP contribution >= 0.6 is 58.5 Å². The van der Waals surface area contributed by atoms with E-state index in [-0.39, 0.29) is 0 Å². The van der Waals surface area contributed by atoms with Crippen LogP contribution in [0.2, 0.25) is 0 Å². The maximum atomic E-state index is 11.1. The molecule has 0 aromatic carbocycles. The van der Waals surface area contributed by atoms with Crippen molar-refractivity contribution in [2.75, 3.05) is 34.5 Å². The summed E-state index contributed by atoms with van der Waals surface area (Å²) < 4.78 is 29.8. The van der Waals surface area contributed by atoms with Gasteiger partial charge in [0.05, 0.1) is 0 Å². The molecule has 0 spiro atoms.